The van der Waals surface area contributed by atoms with Crippen molar-refractivity contribution in [3.05, 3.63) is 65.5 Å². The molecular formula is C13H12N2O. The Hall–Kier alpha value is -2.16. The molecule has 0 unspecified atom stereocenters. The number of oxime groups is 1. The SMILES string of the molecule is Cc1cc(C(=NO)c2ccccc2)ccn1. The molecule has 0 radical (unpaired) electrons. The van der Waals surface area contributed by atoms with Gasteiger partial charge in [0.05, 0.1) is 0 Å². The molecule has 1 N–H and O–H groups in total. The summed E-state index contributed by atoms with van der Waals surface area (Å²) in [5.74, 6) is 0. The van der Waals surface area contributed by atoms with E-state index in [1.165, 1.54) is 0 Å². The van der Waals surface area contributed by atoms with Gasteiger partial charge < -0.3 is 5.21 Å². The van der Waals surface area contributed by atoms with Gasteiger partial charge in [-0.25, -0.2) is 0 Å². The first-order valence-electron chi connectivity index (χ1n) is 5.02. The number of nitrogens with zero attached hydrogens (tertiary/aromatic N) is 2. The number of hydrogen-bond acceptors (Lipinski definition) is 3. The zero-order valence-corrected chi connectivity index (χ0v) is 8.96. The molecule has 2 rings (SSSR count). The van der Waals surface area contributed by atoms with Gasteiger partial charge in [0, 0.05) is 23.0 Å². The first-order valence-corrected chi connectivity index (χ1v) is 5.02. The van der Waals surface area contributed by atoms with Crippen LogP contribution in [0.15, 0.2) is 53.8 Å². The number of aryl methyl sites for hydroxylation is 1. The van der Waals surface area contributed by atoms with Gasteiger partial charge in [0.1, 0.15) is 5.71 Å². The van der Waals surface area contributed by atoms with Crippen molar-refractivity contribution < 1.29 is 5.21 Å². The lowest BCUT2D eigenvalue weighted by atomic mass is 10.0. The summed E-state index contributed by atoms with van der Waals surface area (Å²) >= 11 is 0. The minimum Gasteiger partial charge on any atom is -0.410 e. The summed E-state index contributed by atoms with van der Waals surface area (Å²) < 4.78 is 0. The van der Waals surface area contributed by atoms with E-state index in [0.29, 0.717) is 5.71 Å². The van der Waals surface area contributed by atoms with Gasteiger partial charge in [0.25, 0.3) is 0 Å². The zero-order chi connectivity index (χ0) is 11.4. The van der Waals surface area contributed by atoms with Gasteiger partial charge in [-0.1, -0.05) is 35.5 Å². The lowest BCUT2D eigenvalue weighted by Gasteiger charge is -2.04. The zero-order valence-electron chi connectivity index (χ0n) is 8.96. The summed E-state index contributed by atoms with van der Waals surface area (Å²) in [5, 5.41) is 12.4. The number of aromatic nitrogens is 1. The lowest BCUT2D eigenvalue weighted by Crippen LogP contribution is -2.03. The molecule has 3 heteroatoms. The van der Waals surface area contributed by atoms with Crippen LogP contribution in [0.1, 0.15) is 16.8 Å². The Morgan fingerprint density at radius 3 is 2.50 bits per heavy atom. The molecule has 16 heavy (non-hydrogen) atoms. The van der Waals surface area contributed by atoms with Crippen LogP contribution < -0.4 is 0 Å². The highest BCUT2D eigenvalue weighted by Crippen LogP contribution is 2.10. The van der Waals surface area contributed by atoms with Gasteiger partial charge in [-0.2, -0.15) is 0 Å². The molecule has 0 amide bonds. The fourth-order valence-corrected chi connectivity index (χ4v) is 1.57. The highest BCUT2D eigenvalue weighted by Gasteiger charge is 2.07. The maximum atomic E-state index is 9.09. The standard InChI is InChI=1S/C13H12N2O/c1-10-9-12(7-8-14-10)13(15-16)11-5-3-2-4-6-11/h2-9,16H,1H3. The van der Waals surface area contributed by atoms with Gasteiger partial charge in [-0.05, 0) is 19.1 Å². The van der Waals surface area contributed by atoms with Crippen LogP contribution in [0, 0.1) is 6.92 Å². The van der Waals surface area contributed by atoms with Crippen LogP contribution in [0.4, 0.5) is 0 Å². The van der Waals surface area contributed by atoms with E-state index in [1.807, 2.05) is 49.4 Å². The minimum absolute atomic E-state index is 0.561. The monoisotopic (exact) mass is 212 g/mol. The number of pyridine rings is 1. The third-order valence-corrected chi connectivity index (χ3v) is 2.32. The van der Waals surface area contributed by atoms with Gasteiger partial charge in [0.15, 0.2) is 0 Å². The van der Waals surface area contributed by atoms with E-state index >= 15 is 0 Å². The maximum Gasteiger partial charge on any atom is 0.117 e. The van der Waals surface area contributed by atoms with Crippen LogP contribution >= 0.6 is 0 Å². The van der Waals surface area contributed by atoms with Crippen molar-refractivity contribution >= 4 is 5.71 Å². The Bertz CT molecular complexity index is 506. The Balaban J connectivity index is 2.46. The van der Waals surface area contributed by atoms with Gasteiger partial charge >= 0.3 is 0 Å². The van der Waals surface area contributed by atoms with E-state index in [1.54, 1.807) is 6.20 Å². The van der Waals surface area contributed by atoms with Crippen molar-refractivity contribution in [3.8, 4) is 0 Å². The fraction of sp³-hybridized carbons (Fsp3) is 0.0769. The lowest BCUT2D eigenvalue weighted by molar-refractivity contribution is 0.319. The molecule has 0 aliphatic heterocycles. The molecular weight excluding hydrogens is 200 g/mol. The van der Waals surface area contributed by atoms with E-state index in [4.69, 9.17) is 5.21 Å². The van der Waals surface area contributed by atoms with E-state index < -0.39 is 0 Å². The van der Waals surface area contributed by atoms with Crippen molar-refractivity contribution in [1.29, 1.82) is 0 Å². The largest absolute Gasteiger partial charge is 0.410 e. The van der Waals surface area contributed by atoms with Crippen molar-refractivity contribution in [1.82, 2.24) is 4.98 Å². The molecule has 1 aromatic heterocycles. The summed E-state index contributed by atoms with van der Waals surface area (Å²) in [4.78, 5) is 4.11. The van der Waals surface area contributed by atoms with Crippen molar-refractivity contribution in [3.63, 3.8) is 0 Å². The van der Waals surface area contributed by atoms with E-state index in [-0.39, 0.29) is 0 Å². The van der Waals surface area contributed by atoms with Crippen LogP contribution in [0.2, 0.25) is 0 Å². The van der Waals surface area contributed by atoms with Gasteiger partial charge in [0.2, 0.25) is 0 Å². The molecule has 0 aliphatic carbocycles. The molecule has 0 fully saturated rings. The smallest absolute Gasteiger partial charge is 0.117 e. The average molecular weight is 212 g/mol. The highest BCUT2D eigenvalue weighted by atomic mass is 16.4. The summed E-state index contributed by atoms with van der Waals surface area (Å²) in [6, 6.07) is 13.3. The van der Waals surface area contributed by atoms with E-state index in [0.717, 1.165) is 16.8 Å². The van der Waals surface area contributed by atoms with E-state index in [9.17, 15) is 0 Å². The molecule has 0 atom stereocenters. The van der Waals surface area contributed by atoms with Crippen LogP contribution in [-0.2, 0) is 0 Å². The second kappa shape index (κ2) is 4.57. The summed E-state index contributed by atoms with van der Waals surface area (Å²) in [6.45, 7) is 1.91. The third-order valence-electron chi connectivity index (χ3n) is 2.32. The highest BCUT2D eigenvalue weighted by molar-refractivity contribution is 6.12. The fourth-order valence-electron chi connectivity index (χ4n) is 1.57. The molecule has 0 bridgehead atoms. The normalized spacial score (nSPS) is 11.4. The minimum atomic E-state index is 0.561. The Morgan fingerprint density at radius 2 is 1.88 bits per heavy atom. The third kappa shape index (κ3) is 2.08. The summed E-state index contributed by atoms with van der Waals surface area (Å²) in [6.07, 6.45) is 1.71. The molecule has 80 valence electrons. The van der Waals surface area contributed by atoms with Gasteiger partial charge in [-0.3, -0.25) is 4.98 Å². The van der Waals surface area contributed by atoms with Crippen molar-refractivity contribution in [2.24, 2.45) is 5.16 Å². The van der Waals surface area contributed by atoms with Crippen molar-refractivity contribution in [2.75, 3.05) is 0 Å². The topological polar surface area (TPSA) is 45.5 Å². The van der Waals surface area contributed by atoms with Crippen LogP contribution in [0.3, 0.4) is 0 Å². The molecule has 0 saturated carbocycles. The second-order valence-electron chi connectivity index (χ2n) is 3.50. The molecule has 3 nitrogen and oxygen atoms in total. The summed E-state index contributed by atoms with van der Waals surface area (Å²) in [7, 11) is 0. The number of hydrogen-bond donors (Lipinski definition) is 1. The Morgan fingerprint density at radius 1 is 1.12 bits per heavy atom. The molecule has 2 aromatic rings. The molecule has 1 aromatic carbocycles. The van der Waals surface area contributed by atoms with Crippen LogP contribution in [0.5, 0.6) is 0 Å². The number of benzene rings is 1. The first-order chi connectivity index (χ1) is 7.81. The maximum absolute atomic E-state index is 9.09. The second-order valence-corrected chi connectivity index (χ2v) is 3.50. The molecule has 0 aliphatic rings. The molecule has 1 heterocycles. The molecule has 0 saturated heterocycles. The number of rotatable bonds is 2. The predicted octanol–water partition coefficient (Wildman–Crippen LogP) is 2.62. The average Bonchev–Trinajstić information content (AvgIpc) is 2.31. The van der Waals surface area contributed by atoms with Crippen molar-refractivity contribution in [2.45, 2.75) is 6.92 Å². The van der Waals surface area contributed by atoms with Crippen LogP contribution in [-0.4, -0.2) is 15.9 Å². The molecule has 0 spiro atoms. The quantitative estimate of drug-likeness (QED) is 0.472. The van der Waals surface area contributed by atoms with E-state index in [2.05, 4.69) is 10.1 Å². The first kappa shape index (κ1) is 10.4. The predicted molar refractivity (Wildman–Crippen MR) is 62.8 cm³/mol. The summed E-state index contributed by atoms with van der Waals surface area (Å²) in [5.41, 5.74) is 3.21. The van der Waals surface area contributed by atoms with Gasteiger partial charge in [-0.15, -0.1) is 0 Å². The van der Waals surface area contributed by atoms with Crippen LogP contribution in [0.25, 0.3) is 0 Å². The Kier molecular flexibility index (Phi) is 2.96. The Labute approximate surface area is 94.1 Å².